The predicted octanol–water partition coefficient (Wildman–Crippen LogP) is 7.21. The van der Waals surface area contributed by atoms with Gasteiger partial charge in [-0.05, 0) is 20.3 Å². The molecule has 0 radical (unpaired) electrons. The van der Waals surface area contributed by atoms with Crippen molar-refractivity contribution in [1.29, 1.82) is 0 Å². The number of dihydropyridines is 1. The van der Waals surface area contributed by atoms with Gasteiger partial charge in [0.15, 0.2) is 0 Å². The molecule has 2 rings (SSSR count). The van der Waals surface area contributed by atoms with E-state index in [-0.39, 0.29) is 29.4 Å². The van der Waals surface area contributed by atoms with E-state index in [1.165, 1.54) is 50.3 Å². The monoisotopic (exact) mass is 518 g/mol. The first-order valence-electron chi connectivity index (χ1n) is 12.8. The molecule has 1 heterocycles. The second-order valence-corrected chi connectivity index (χ2v) is 8.94. The maximum absolute atomic E-state index is 12.6. The Morgan fingerprint density at radius 3 is 2.00 bits per heavy atom. The summed E-state index contributed by atoms with van der Waals surface area (Å²) in [6, 6.07) is 5.99. The third-order valence-corrected chi connectivity index (χ3v) is 6.10. The molecule has 204 valence electrons. The predicted molar refractivity (Wildman–Crippen MR) is 138 cm³/mol. The number of methoxy groups -OCH3 is 1. The maximum Gasteiger partial charge on any atom is 0.513 e. The molecule has 1 aliphatic heterocycles. The second kappa shape index (κ2) is 15.5. The van der Waals surface area contributed by atoms with Gasteiger partial charge >= 0.3 is 12.3 Å². The number of nitro groups is 1. The molecule has 1 atom stereocenters. The Hall–Kier alpha value is -3.56. The number of hydrogen-bond acceptors (Lipinski definition) is 9. The number of ether oxygens (including phenoxy) is 4. The second-order valence-electron chi connectivity index (χ2n) is 8.94. The highest BCUT2D eigenvalue weighted by Crippen LogP contribution is 2.42. The number of nitrogens with zero attached hydrogens (tertiary/aromatic N) is 1. The molecule has 0 aromatic heterocycles. The number of para-hydroxylation sites is 1. The molecule has 1 unspecified atom stereocenters. The van der Waals surface area contributed by atoms with Crippen molar-refractivity contribution < 1.29 is 33.5 Å². The number of benzene rings is 1. The van der Waals surface area contributed by atoms with Crippen LogP contribution in [0.15, 0.2) is 47.2 Å². The highest BCUT2D eigenvalue weighted by atomic mass is 16.7. The lowest BCUT2D eigenvalue weighted by molar-refractivity contribution is -0.385. The summed E-state index contributed by atoms with van der Waals surface area (Å²) in [6.45, 7) is 5.70. The van der Waals surface area contributed by atoms with Crippen molar-refractivity contribution in [2.75, 3.05) is 13.7 Å². The molecule has 0 aliphatic carbocycles. The Bertz CT molecular complexity index is 1000. The van der Waals surface area contributed by atoms with Gasteiger partial charge in [-0.2, -0.15) is 0 Å². The third-order valence-electron chi connectivity index (χ3n) is 6.10. The van der Waals surface area contributed by atoms with Crippen LogP contribution in [-0.4, -0.2) is 31.0 Å². The molecule has 0 saturated carbocycles. The lowest BCUT2D eigenvalue weighted by atomic mass is 9.89. The topological polar surface area (TPSA) is 126 Å². The molecule has 0 fully saturated rings. The van der Waals surface area contributed by atoms with Crippen LogP contribution in [0.1, 0.15) is 90.0 Å². The van der Waals surface area contributed by atoms with Crippen molar-refractivity contribution in [2.45, 2.75) is 84.5 Å². The number of nitrogens with one attached hydrogen (secondary N) is 1. The molecule has 1 N–H and O–H groups in total. The van der Waals surface area contributed by atoms with Gasteiger partial charge in [0.05, 0.1) is 30.0 Å². The molecule has 37 heavy (non-hydrogen) atoms. The fraction of sp³-hybridized carbons (Fsp3) is 0.556. The first kappa shape index (κ1) is 29.7. The van der Waals surface area contributed by atoms with Crippen molar-refractivity contribution in [1.82, 2.24) is 5.32 Å². The number of hydrogen-bond donors (Lipinski definition) is 1. The van der Waals surface area contributed by atoms with E-state index in [1.54, 1.807) is 19.9 Å². The summed E-state index contributed by atoms with van der Waals surface area (Å²) in [5.41, 5.74) is 0.817. The highest BCUT2D eigenvalue weighted by molar-refractivity contribution is 5.65. The Kier molecular flexibility index (Phi) is 12.5. The SMILES string of the molecule is CCCCCCCCCCCOC(=O)OC1=C(C)NC(C)=C(OC(=O)OC)C1c1ccccc1[N+](=O)[O-]. The summed E-state index contributed by atoms with van der Waals surface area (Å²) in [7, 11) is 1.15. The van der Waals surface area contributed by atoms with Crippen LogP contribution < -0.4 is 5.32 Å². The van der Waals surface area contributed by atoms with Crippen LogP contribution >= 0.6 is 0 Å². The zero-order chi connectivity index (χ0) is 27.2. The van der Waals surface area contributed by atoms with Crippen LogP contribution in [0.4, 0.5) is 15.3 Å². The molecule has 10 nitrogen and oxygen atoms in total. The van der Waals surface area contributed by atoms with E-state index < -0.39 is 23.2 Å². The lowest BCUT2D eigenvalue weighted by Gasteiger charge is -2.29. The summed E-state index contributed by atoms with van der Waals surface area (Å²) < 4.78 is 20.8. The van der Waals surface area contributed by atoms with E-state index in [9.17, 15) is 19.7 Å². The number of carbonyl (C=O) groups is 2. The lowest BCUT2D eigenvalue weighted by Crippen LogP contribution is -2.29. The van der Waals surface area contributed by atoms with Crippen molar-refractivity contribution in [2.24, 2.45) is 0 Å². The number of nitro benzene ring substituents is 1. The van der Waals surface area contributed by atoms with E-state index in [0.717, 1.165) is 26.4 Å². The first-order valence-corrected chi connectivity index (χ1v) is 12.8. The van der Waals surface area contributed by atoms with Crippen LogP contribution in [0.2, 0.25) is 0 Å². The van der Waals surface area contributed by atoms with Gasteiger partial charge in [-0.3, -0.25) is 10.1 Å². The molecule has 1 aromatic carbocycles. The molecular formula is C27H38N2O8. The van der Waals surface area contributed by atoms with Crippen LogP contribution in [0.5, 0.6) is 0 Å². The van der Waals surface area contributed by atoms with E-state index >= 15 is 0 Å². The standard InChI is InChI=1S/C27H38N2O8/c1-5-6-7-8-9-10-11-12-15-18-35-27(31)37-25-20(3)28-19(2)24(36-26(30)34-4)23(25)21-16-13-14-17-22(21)29(32)33/h13-14,16-17,23,28H,5-12,15,18H2,1-4H3. The Morgan fingerprint density at radius 1 is 0.892 bits per heavy atom. The van der Waals surface area contributed by atoms with Crippen molar-refractivity contribution in [3.8, 4) is 0 Å². The number of carbonyl (C=O) groups excluding carboxylic acids is 2. The van der Waals surface area contributed by atoms with Crippen LogP contribution in [0.25, 0.3) is 0 Å². The largest absolute Gasteiger partial charge is 0.513 e. The average molecular weight is 519 g/mol. The fourth-order valence-electron chi connectivity index (χ4n) is 4.23. The fourth-order valence-corrected chi connectivity index (χ4v) is 4.23. The minimum atomic E-state index is -1.05. The molecular weight excluding hydrogens is 480 g/mol. The van der Waals surface area contributed by atoms with Gasteiger partial charge in [0, 0.05) is 11.6 Å². The molecule has 1 aromatic rings. The van der Waals surface area contributed by atoms with Crippen molar-refractivity contribution in [3.63, 3.8) is 0 Å². The normalized spacial score (nSPS) is 15.2. The summed E-state index contributed by atoms with van der Waals surface area (Å²) >= 11 is 0. The van der Waals surface area contributed by atoms with E-state index in [0.29, 0.717) is 17.8 Å². The number of allylic oxidation sites excluding steroid dienone is 2. The first-order chi connectivity index (χ1) is 17.8. The summed E-state index contributed by atoms with van der Waals surface area (Å²) in [4.78, 5) is 35.7. The molecule has 0 bridgehead atoms. The van der Waals surface area contributed by atoms with Gasteiger partial charge in [0.1, 0.15) is 17.4 Å². The molecule has 10 heteroatoms. The molecule has 0 saturated heterocycles. The quantitative estimate of drug-likeness (QED) is 0.118. The van der Waals surface area contributed by atoms with E-state index in [1.807, 2.05) is 0 Å². The van der Waals surface area contributed by atoms with Gasteiger partial charge in [-0.25, -0.2) is 9.59 Å². The average Bonchev–Trinajstić information content (AvgIpc) is 2.87. The Balaban J connectivity index is 2.08. The van der Waals surface area contributed by atoms with E-state index in [4.69, 9.17) is 14.2 Å². The minimum absolute atomic E-state index is 0.0217. The van der Waals surface area contributed by atoms with Gasteiger partial charge in [-0.15, -0.1) is 0 Å². The van der Waals surface area contributed by atoms with Crippen LogP contribution in [0.3, 0.4) is 0 Å². The Morgan fingerprint density at radius 2 is 1.43 bits per heavy atom. The summed E-state index contributed by atoms with van der Waals surface area (Å²) in [5, 5.41) is 14.7. The van der Waals surface area contributed by atoms with Gasteiger partial charge in [0.2, 0.25) is 0 Å². The zero-order valence-electron chi connectivity index (χ0n) is 22.2. The van der Waals surface area contributed by atoms with Crippen LogP contribution in [-0.2, 0) is 18.9 Å². The molecule has 0 spiro atoms. The van der Waals surface area contributed by atoms with Gasteiger partial charge in [0.25, 0.3) is 5.69 Å². The molecule has 1 aliphatic rings. The number of unbranched alkanes of at least 4 members (excludes halogenated alkanes) is 8. The Labute approximate surface area is 218 Å². The third kappa shape index (κ3) is 9.11. The van der Waals surface area contributed by atoms with Crippen LogP contribution in [0, 0.1) is 10.1 Å². The minimum Gasteiger partial charge on any atom is -0.437 e. The van der Waals surface area contributed by atoms with Crippen molar-refractivity contribution >= 4 is 18.0 Å². The summed E-state index contributed by atoms with van der Waals surface area (Å²) in [5.74, 6) is -0.994. The number of rotatable bonds is 14. The van der Waals surface area contributed by atoms with Gasteiger partial charge < -0.3 is 24.3 Å². The van der Waals surface area contributed by atoms with Crippen molar-refractivity contribution in [3.05, 3.63) is 62.9 Å². The van der Waals surface area contributed by atoms with E-state index in [2.05, 4.69) is 17.0 Å². The summed E-state index contributed by atoms with van der Waals surface area (Å²) in [6.07, 6.45) is 8.24. The smallest absolute Gasteiger partial charge is 0.437 e. The highest BCUT2D eigenvalue weighted by Gasteiger charge is 2.38. The maximum atomic E-state index is 12.6. The van der Waals surface area contributed by atoms with Gasteiger partial charge in [-0.1, -0.05) is 76.5 Å². The zero-order valence-corrected chi connectivity index (χ0v) is 22.2. The molecule has 0 amide bonds.